The monoisotopic (exact) mass is 367 g/mol. The first-order chi connectivity index (χ1) is 12.6. The molecule has 4 rings (SSSR count). The zero-order valence-electron chi connectivity index (χ0n) is 13.7. The summed E-state index contributed by atoms with van der Waals surface area (Å²) < 4.78 is 1.79. The molecule has 0 bridgehead atoms. The second kappa shape index (κ2) is 6.27. The fraction of sp³-hybridized carbons (Fsp3) is 0.111. The molecule has 4 aromatic rings. The number of nitrogens with zero attached hydrogens (tertiary/aromatic N) is 3. The van der Waals surface area contributed by atoms with Crippen molar-refractivity contribution in [3.63, 3.8) is 0 Å². The zero-order valence-corrected chi connectivity index (χ0v) is 14.5. The van der Waals surface area contributed by atoms with Gasteiger partial charge in [-0.25, -0.2) is 0 Å². The number of halogens is 1. The summed E-state index contributed by atoms with van der Waals surface area (Å²) in [5.41, 5.74) is 0.825. The molecule has 130 valence electrons. The predicted molar refractivity (Wildman–Crippen MR) is 98.4 cm³/mol. The van der Waals surface area contributed by atoms with E-state index in [2.05, 4.69) is 20.5 Å². The van der Waals surface area contributed by atoms with Crippen molar-refractivity contribution in [2.45, 2.75) is 13.0 Å². The van der Waals surface area contributed by atoms with Gasteiger partial charge in [0.1, 0.15) is 5.56 Å². The Kier molecular flexibility index (Phi) is 3.93. The van der Waals surface area contributed by atoms with Crippen LogP contribution in [0.2, 0.25) is 5.02 Å². The van der Waals surface area contributed by atoms with Gasteiger partial charge in [0.15, 0.2) is 11.5 Å². The standard InChI is InChI=1S/C18H14ClN5O2/c1-10(17-23-22-14-7-2-3-8-24(14)17)21-18(26)12-9-20-15-11(16(12)25)5-4-6-13(15)19/h2-10H,1H3,(H,20,25)(H,21,26). The molecule has 0 aliphatic heterocycles. The Bertz CT molecular complexity index is 1200. The molecule has 7 nitrogen and oxygen atoms in total. The highest BCUT2D eigenvalue weighted by atomic mass is 35.5. The number of amides is 1. The van der Waals surface area contributed by atoms with Gasteiger partial charge in [0, 0.05) is 17.8 Å². The number of para-hydroxylation sites is 1. The third-order valence-electron chi connectivity index (χ3n) is 4.18. The van der Waals surface area contributed by atoms with Crippen LogP contribution in [0.1, 0.15) is 29.1 Å². The lowest BCUT2D eigenvalue weighted by Gasteiger charge is -2.12. The highest BCUT2D eigenvalue weighted by molar-refractivity contribution is 6.35. The van der Waals surface area contributed by atoms with E-state index in [0.717, 1.165) is 0 Å². The fourth-order valence-corrected chi connectivity index (χ4v) is 3.11. The number of rotatable bonds is 3. The third-order valence-corrected chi connectivity index (χ3v) is 4.50. The maximum Gasteiger partial charge on any atom is 0.257 e. The predicted octanol–water partition coefficient (Wildman–Crippen LogP) is 2.72. The third kappa shape index (κ3) is 2.62. The molecule has 0 saturated heterocycles. The molecule has 0 saturated carbocycles. The Labute approximate surface area is 152 Å². The smallest absolute Gasteiger partial charge is 0.257 e. The van der Waals surface area contributed by atoms with Crippen molar-refractivity contribution in [3.8, 4) is 0 Å². The minimum atomic E-state index is -0.492. The van der Waals surface area contributed by atoms with Gasteiger partial charge < -0.3 is 10.3 Å². The number of nitrogens with one attached hydrogen (secondary N) is 2. The Morgan fingerprint density at radius 2 is 2.08 bits per heavy atom. The molecule has 0 aliphatic carbocycles. The summed E-state index contributed by atoms with van der Waals surface area (Å²) in [5, 5.41) is 11.8. The maximum absolute atomic E-state index is 12.6. The molecule has 0 radical (unpaired) electrons. The normalized spacial score (nSPS) is 12.4. The largest absolute Gasteiger partial charge is 0.359 e. The van der Waals surface area contributed by atoms with Crippen LogP contribution in [0.5, 0.6) is 0 Å². The van der Waals surface area contributed by atoms with E-state index in [4.69, 9.17) is 11.6 Å². The number of carbonyl (C=O) groups excluding carboxylic acids is 1. The van der Waals surface area contributed by atoms with Gasteiger partial charge in [-0.1, -0.05) is 23.7 Å². The first-order valence-corrected chi connectivity index (χ1v) is 8.34. The number of hydrogen-bond donors (Lipinski definition) is 2. The molecule has 1 amide bonds. The van der Waals surface area contributed by atoms with Crippen LogP contribution in [0.15, 0.2) is 53.6 Å². The second-order valence-corrected chi connectivity index (χ2v) is 6.28. The van der Waals surface area contributed by atoms with E-state index in [1.165, 1.54) is 6.20 Å². The van der Waals surface area contributed by atoms with Crippen molar-refractivity contribution < 1.29 is 4.79 Å². The summed E-state index contributed by atoms with van der Waals surface area (Å²) >= 11 is 6.08. The number of aromatic nitrogens is 4. The Hall–Kier alpha value is -3.19. The molecule has 0 spiro atoms. The van der Waals surface area contributed by atoms with Crippen molar-refractivity contribution in [2.24, 2.45) is 0 Å². The number of benzene rings is 1. The van der Waals surface area contributed by atoms with Gasteiger partial charge in [0.25, 0.3) is 5.91 Å². The maximum atomic E-state index is 12.6. The molecule has 26 heavy (non-hydrogen) atoms. The number of carbonyl (C=O) groups is 1. The van der Waals surface area contributed by atoms with Gasteiger partial charge in [0.2, 0.25) is 5.43 Å². The van der Waals surface area contributed by atoms with Crippen LogP contribution in [-0.2, 0) is 0 Å². The van der Waals surface area contributed by atoms with Crippen LogP contribution in [0, 0.1) is 0 Å². The number of H-pyrrole nitrogens is 1. The first-order valence-electron chi connectivity index (χ1n) is 7.96. The Morgan fingerprint density at radius 3 is 2.92 bits per heavy atom. The molecule has 8 heteroatoms. The van der Waals surface area contributed by atoms with E-state index in [1.54, 1.807) is 29.5 Å². The van der Waals surface area contributed by atoms with Crippen LogP contribution in [0.4, 0.5) is 0 Å². The average Bonchev–Trinajstić information content (AvgIpc) is 3.07. The van der Waals surface area contributed by atoms with Gasteiger partial charge in [-0.05, 0) is 31.2 Å². The van der Waals surface area contributed by atoms with Gasteiger partial charge in [0.05, 0.1) is 16.6 Å². The summed E-state index contributed by atoms with van der Waals surface area (Å²) in [6.07, 6.45) is 3.19. The van der Waals surface area contributed by atoms with E-state index in [1.807, 2.05) is 24.4 Å². The molecular formula is C18H14ClN5O2. The zero-order chi connectivity index (χ0) is 18.3. The second-order valence-electron chi connectivity index (χ2n) is 5.88. The summed E-state index contributed by atoms with van der Waals surface area (Å²) in [7, 11) is 0. The van der Waals surface area contributed by atoms with Crippen molar-refractivity contribution in [1.29, 1.82) is 0 Å². The molecule has 3 heterocycles. The van der Waals surface area contributed by atoms with Crippen LogP contribution >= 0.6 is 11.6 Å². The van der Waals surface area contributed by atoms with Crippen LogP contribution < -0.4 is 10.7 Å². The summed E-state index contributed by atoms with van der Waals surface area (Å²) in [6, 6.07) is 10.1. The lowest BCUT2D eigenvalue weighted by Crippen LogP contribution is -2.32. The fourth-order valence-electron chi connectivity index (χ4n) is 2.88. The van der Waals surface area contributed by atoms with E-state index in [-0.39, 0.29) is 11.0 Å². The average molecular weight is 368 g/mol. The highest BCUT2D eigenvalue weighted by Crippen LogP contribution is 2.19. The van der Waals surface area contributed by atoms with E-state index in [0.29, 0.717) is 27.4 Å². The topological polar surface area (TPSA) is 92.1 Å². The van der Waals surface area contributed by atoms with E-state index < -0.39 is 11.9 Å². The molecule has 2 N–H and O–H groups in total. The van der Waals surface area contributed by atoms with Gasteiger partial charge in [-0.15, -0.1) is 10.2 Å². The van der Waals surface area contributed by atoms with Crippen molar-refractivity contribution >= 4 is 34.1 Å². The molecule has 1 atom stereocenters. The summed E-state index contributed by atoms with van der Waals surface area (Å²) in [6.45, 7) is 1.79. The van der Waals surface area contributed by atoms with Crippen molar-refractivity contribution in [1.82, 2.24) is 24.9 Å². The van der Waals surface area contributed by atoms with Gasteiger partial charge in [-0.3, -0.25) is 14.0 Å². The Balaban J connectivity index is 1.67. The quantitative estimate of drug-likeness (QED) is 0.582. The van der Waals surface area contributed by atoms with Crippen LogP contribution in [0.25, 0.3) is 16.6 Å². The molecule has 0 aliphatic rings. The molecule has 1 aromatic carbocycles. The SMILES string of the molecule is CC(NC(=O)c1c[nH]c2c(Cl)cccc2c1=O)c1nnc2ccccn12. The van der Waals surface area contributed by atoms with Crippen molar-refractivity contribution in [3.05, 3.63) is 75.4 Å². The van der Waals surface area contributed by atoms with E-state index >= 15 is 0 Å². The molecule has 0 fully saturated rings. The van der Waals surface area contributed by atoms with Gasteiger partial charge >= 0.3 is 0 Å². The van der Waals surface area contributed by atoms with Gasteiger partial charge in [-0.2, -0.15) is 0 Å². The number of hydrogen-bond acceptors (Lipinski definition) is 4. The first kappa shape index (κ1) is 16.3. The molecular weight excluding hydrogens is 354 g/mol. The van der Waals surface area contributed by atoms with Crippen LogP contribution in [-0.4, -0.2) is 25.5 Å². The van der Waals surface area contributed by atoms with Crippen LogP contribution in [0.3, 0.4) is 0 Å². The number of pyridine rings is 2. The lowest BCUT2D eigenvalue weighted by molar-refractivity contribution is 0.0937. The lowest BCUT2D eigenvalue weighted by atomic mass is 10.1. The summed E-state index contributed by atoms with van der Waals surface area (Å²) in [5.74, 6) is 0.0857. The molecule has 3 aromatic heterocycles. The highest BCUT2D eigenvalue weighted by Gasteiger charge is 2.19. The Morgan fingerprint density at radius 1 is 1.23 bits per heavy atom. The summed E-state index contributed by atoms with van der Waals surface area (Å²) in [4.78, 5) is 28.2. The minimum Gasteiger partial charge on any atom is -0.359 e. The van der Waals surface area contributed by atoms with Crippen molar-refractivity contribution in [2.75, 3.05) is 0 Å². The number of fused-ring (bicyclic) bond motifs is 2. The van der Waals surface area contributed by atoms with E-state index in [9.17, 15) is 9.59 Å². The minimum absolute atomic E-state index is 0.0143. The number of aromatic amines is 1. The molecule has 1 unspecified atom stereocenters.